The molecule has 1 unspecified atom stereocenters. The Balaban J connectivity index is 2.46. The molecule has 5 nitrogen and oxygen atoms in total. The number of hydrogen-bond donors (Lipinski definition) is 1. The molecule has 116 valence electrons. The summed E-state index contributed by atoms with van der Waals surface area (Å²) < 4.78 is 10.8. The van der Waals surface area contributed by atoms with Crippen LogP contribution >= 0.6 is 0 Å². The topological polar surface area (TPSA) is 50.8 Å². The molecule has 0 radical (unpaired) electrons. The summed E-state index contributed by atoms with van der Waals surface area (Å²) in [7, 11) is 1.63. The first-order valence-corrected chi connectivity index (χ1v) is 7.41. The maximum absolute atomic E-state index is 12.7. The molecule has 1 N–H and O–H groups in total. The Hall–Kier alpha value is -1.59. The van der Waals surface area contributed by atoms with Gasteiger partial charge in [0.2, 0.25) is 0 Å². The predicted octanol–water partition coefficient (Wildman–Crippen LogP) is 1.38. The van der Waals surface area contributed by atoms with Crippen molar-refractivity contribution < 1.29 is 14.3 Å². The third-order valence-electron chi connectivity index (χ3n) is 4.05. The molecule has 1 saturated heterocycles. The molecule has 5 heteroatoms. The molecule has 1 atom stereocenters. The number of carbonyl (C=O) groups excluding carboxylic acids is 1. The zero-order valence-corrected chi connectivity index (χ0v) is 13.0. The smallest absolute Gasteiger partial charge is 0.331 e. The van der Waals surface area contributed by atoms with Gasteiger partial charge in [0.25, 0.3) is 0 Å². The standard InChI is InChI=1S/C16H24N2O3/c1-4-21-15(19)16(2,18-11-9-17-10-12-18)13-7-5-6-8-14(13)20-3/h5-8,17H,4,9-12H2,1-3H3. The summed E-state index contributed by atoms with van der Waals surface area (Å²) in [6.07, 6.45) is 0. The third kappa shape index (κ3) is 3.04. The fraction of sp³-hybridized carbons (Fsp3) is 0.562. The normalized spacial score (nSPS) is 18.8. The molecule has 2 rings (SSSR count). The van der Waals surface area contributed by atoms with Gasteiger partial charge in [0.05, 0.1) is 13.7 Å². The summed E-state index contributed by atoms with van der Waals surface area (Å²) in [4.78, 5) is 14.9. The summed E-state index contributed by atoms with van der Waals surface area (Å²) in [5, 5.41) is 3.31. The lowest BCUT2D eigenvalue weighted by Crippen LogP contribution is -2.57. The van der Waals surface area contributed by atoms with Crippen LogP contribution in [0.4, 0.5) is 0 Å². The van der Waals surface area contributed by atoms with Crippen LogP contribution in [0.25, 0.3) is 0 Å². The van der Waals surface area contributed by atoms with Gasteiger partial charge in [-0.1, -0.05) is 18.2 Å². The number of methoxy groups -OCH3 is 1. The molecule has 1 heterocycles. The number of carbonyl (C=O) groups is 1. The Bertz CT molecular complexity index is 486. The minimum Gasteiger partial charge on any atom is -0.496 e. The van der Waals surface area contributed by atoms with Crippen LogP contribution in [0.1, 0.15) is 19.4 Å². The van der Waals surface area contributed by atoms with Gasteiger partial charge in [0.1, 0.15) is 11.3 Å². The average molecular weight is 292 g/mol. The number of benzene rings is 1. The Kier molecular flexibility index (Phi) is 5.20. The van der Waals surface area contributed by atoms with Gasteiger partial charge in [-0.05, 0) is 19.9 Å². The van der Waals surface area contributed by atoms with E-state index in [1.165, 1.54) is 0 Å². The summed E-state index contributed by atoms with van der Waals surface area (Å²) in [5.74, 6) is 0.489. The highest BCUT2D eigenvalue weighted by Gasteiger charge is 2.44. The minimum atomic E-state index is -0.829. The number of nitrogens with zero attached hydrogens (tertiary/aromatic N) is 1. The first-order valence-electron chi connectivity index (χ1n) is 7.41. The molecule has 0 saturated carbocycles. The molecular weight excluding hydrogens is 268 g/mol. The number of hydrogen-bond acceptors (Lipinski definition) is 5. The van der Waals surface area contributed by atoms with Crippen LogP contribution in [-0.4, -0.2) is 50.8 Å². The maximum Gasteiger partial charge on any atom is 0.331 e. The Labute approximate surface area is 126 Å². The fourth-order valence-corrected chi connectivity index (χ4v) is 2.84. The van der Waals surface area contributed by atoms with E-state index in [-0.39, 0.29) is 5.97 Å². The number of esters is 1. The Morgan fingerprint density at radius 1 is 1.33 bits per heavy atom. The predicted molar refractivity (Wildman–Crippen MR) is 81.4 cm³/mol. The van der Waals surface area contributed by atoms with Crippen LogP contribution in [0.5, 0.6) is 5.75 Å². The molecular formula is C16H24N2O3. The molecule has 1 aromatic rings. The van der Waals surface area contributed by atoms with Crippen LogP contribution in [0.15, 0.2) is 24.3 Å². The molecule has 21 heavy (non-hydrogen) atoms. The van der Waals surface area contributed by atoms with E-state index in [0.717, 1.165) is 31.7 Å². The van der Waals surface area contributed by atoms with E-state index in [2.05, 4.69) is 10.2 Å². The van der Waals surface area contributed by atoms with Crippen molar-refractivity contribution in [2.75, 3.05) is 39.9 Å². The van der Waals surface area contributed by atoms with Crippen molar-refractivity contribution in [2.24, 2.45) is 0 Å². The second-order valence-corrected chi connectivity index (χ2v) is 5.23. The lowest BCUT2D eigenvalue weighted by Gasteiger charge is -2.42. The number of piperazine rings is 1. The number of para-hydroxylation sites is 1. The first kappa shape index (κ1) is 15.8. The summed E-state index contributed by atoms with van der Waals surface area (Å²) in [6, 6.07) is 7.66. The lowest BCUT2D eigenvalue weighted by atomic mass is 9.88. The lowest BCUT2D eigenvalue weighted by molar-refractivity contribution is -0.158. The number of nitrogens with one attached hydrogen (secondary N) is 1. The van der Waals surface area contributed by atoms with Crippen LogP contribution < -0.4 is 10.1 Å². The van der Waals surface area contributed by atoms with Gasteiger partial charge >= 0.3 is 5.97 Å². The highest BCUT2D eigenvalue weighted by molar-refractivity contribution is 5.83. The van der Waals surface area contributed by atoms with E-state index in [9.17, 15) is 4.79 Å². The maximum atomic E-state index is 12.7. The highest BCUT2D eigenvalue weighted by Crippen LogP contribution is 2.36. The summed E-state index contributed by atoms with van der Waals surface area (Å²) in [6.45, 7) is 7.46. The van der Waals surface area contributed by atoms with Crippen molar-refractivity contribution >= 4 is 5.97 Å². The van der Waals surface area contributed by atoms with Crippen molar-refractivity contribution in [3.8, 4) is 5.75 Å². The second-order valence-electron chi connectivity index (χ2n) is 5.23. The van der Waals surface area contributed by atoms with Gasteiger partial charge in [-0.15, -0.1) is 0 Å². The molecule has 0 spiro atoms. The van der Waals surface area contributed by atoms with E-state index in [0.29, 0.717) is 12.4 Å². The van der Waals surface area contributed by atoms with Crippen LogP contribution in [0.2, 0.25) is 0 Å². The second kappa shape index (κ2) is 6.91. The van der Waals surface area contributed by atoms with E-state index < -0.39 is 5.54 Å². The number of rotatable bonds is 5. The van der Waals surface area contributed by atoms with Crippen LogP contribution in [0.3, 0.4) is 0 Å². The van der Waals surface area contributed by atoms with Crippen LogP contribution in [-0.2, 0) is 15.1 Å². The average Bonchev–Trinajstić information content (AvgIpc) is 2.55. The SMILES string of the molecule is CCOC(=O)C(C)(c1ccccc1OC)N1CCNCC1. The van der Waals surface area contributed by atoms with Gasteiger partial charge in [-0.25, -0.2) is 4.79 Å². The van der Waals surface area contributed by atoms with Crippen molar-refractivity contribution in [1.82, 2.24) is 10.2 Å². The van der Waals surface area contributed by atoms with Crippen molar-refractivity contribution in [3.63, 3.8) is 0 Å². The Morgan fingerprint density at radius 2 is 2.00 bits per heavy atom. The molecule has 1 aliphatic rings. The van der Waals surface area contributed by atoms with E-state index in [1.807, 2.05) is 38.1 Å². The molecule has 0 bridgehead atoms. The van der Waals surface area contributed by atoms with Crippen molar-refractivity contribution in [3.05, 3.63) is 29.8 Å². The fourth-order valence-electron chi connectivity index (χ4n) is 2.84. The van der Waals surface area contributed by atoms with E-state index in [1.54, 1.807) is 7.11 Å². The van der Waals surface area contributed by atoms with E-state index in [4.69, 9.17) is 9.47 Å². The van der Waals surface area contributed by atoms with Gasteiger partial charge < -0.3 is 14.8 Å². The molecule has 1 fully saturated rings. The minimum absolute atomic E-state index is 0.226. The molecule has 1 aliphatic heterocycles. The van der Waals surface area contributed by atoms with E-state index >= 15 is 0 Å². The zero-order chi connectivity index (χ0) is 15.3. The Morgan fingerprint density at radius 3 is 2.62 bits per heavy atom. The monoisotopic (exact) mass is 292 g/mol. The largest absolute Gasteiger partial charge is 0.496 e. The first-order chi connectivity index (χ1) is 10.1. The zero-order valence-electron chi connectivity index (χ0n) is 13.0. The summed E-state index contributed by atoms with van der Waals surface area (Å²) >= 11 is 0. The molecule has 0 aliphatic carbocycles. The van der Waals surface area contributed by atoms with Crippen molar-refractivity contribution in [1.29, 1.82) is 0 Å². The van der Waals surface area contributed by atoms with Crippen molar-refractivity contribution in [2.45, 2.75) is 19.4 Å². The quantitative estimate of drug-likeness (QED) is 0.831. The van der Waals surface area contributed by atoms with Gasteiger partial charge in [-0.3, -0.25) is 4.90 Å². The van der Waals surface area contributed by atoms with Crippen LogP contribution in [0, 0.1) is 0 Å². The molecule has 0 aromatic heterocycles. The van der Waals surface area contributed by atoms with Gasteiger partial charge in [0, 0.05) is 31.7 Å². The number of ether oxygens (including phenoxy) is 2. The van der Waals surface area contributed by atoms with Gasteiger partial charge in [0.15, 0.2) is 0 Å². The highest BCUT2D eigenvalue weighted by atomic mass is 16.5. The third-order valence-corrected chi connectivity index (χ3v) is 4.05. The molecule has 1 aromatic carbocycles. The van der Waals surface area contributed by atoms with Gasteiger partial charge in [-0.2, -0.15) is 0 Å². The molecule has 0 amide bonds. The summed E-state index contributed by atoms with van der Waals surface area (Å²) in [5.41, 5.74) is 0.0258.